The number of pyridine rings is 2. The van der Waals surface area contributed by atoms with Gasteiger partial charge in [-0.05, 0) is 61.7 Å². The van der Waals surface area contributed by atoms with Crippen LogP contribution in [-0.4, -0.2) is 64.1 Å². The van der Waals surface area contributed by atoms with Crippen molar-refractivity contribution in [2.24, 2.45) is 5.41 Å². The third-order valence-electron chi connectivity index (χ3n) is 7.76. The van der Waals surface area contributed by atoms with Gasteiger partial charge in [0.05, 0.1) is 7.11 Å². The normalized spacial score (nSPS) is 18.0. The van der Waals surface area contributed by atoms with Crippen LogP contribution >= 0.6 is 30.3 Å². The topological polar surface area (TPSA) is 46.4 Å². The minimum absolute atomic E-state index is 0.607. The Balaban J connectivity index is 1.21. The summed E-state index contributed by atoms with van der Waals surface area (Å²) in [6.07, 6.45) is 8.65. The second kappa shape index (κ2) is 9.96. The molecule has 2 aliphatic heterocycles. The van der Waals surface area contributed by atoms with E-state index in [9.17, 15) is 0 Å². The zero-order valence-electron chi connectivity index (χ0n) is 20.7. The van der Waals surface area contributed by atoms with E-state index in [2.05, 4.69) is 89.6 Å². The number of likely N-dealkylation sites (tertiary alicyclic amines) is 2. The number of aromatic nitrogens is 3. The molecule has 0 bridgehead atoms. The highest BCUT2D eigenvalue weighted by Crippen LogP contribution is 2.40. The Kier molecular flexibility index (Phi) is 6.70. The minimum Gasteiger partial charge on any atom is -0.481 e. The Morgan fingerprint density at radius 3 is 2.33 bits per heavy atom. The van der Waals surface area contributed by atoms with E-state index in [4.69, 9.17) is 9.72 Å². The van der Waals surface area contributed by atoms with Crippen molar-refractivity contribution in [3.8, 4) is 28.1 Å². The lowest BCUT2D eigenvalue weighted by Gasteiger charge is -2.53. The molecule has 2 fully saturated rings. The molecule has 0 saturated carbocycles. The van der Waals surface area contributed by atoms with Crippen LogP contribution in [0.3, 0.4) is 0 Å². The second-order valence-electron chi connectivity index (χ2n) is 10.3. The van der Waals surface area contributed by atoms with E-state index in [1.54, 1.807) is 16.2 Å². The average Bonchev–Trinajstić information content (AvgIpc) is 3.28. The first kappa shape index (κ1) is 24.2. The Hall–Kier alpha value is -2.14. The molecule has 0 atom stereocenters. The van der Waals surface area contributed by atoms with E-state index < -0.39 is 0 Å². The van der Waals surface area contributed by atoms with Crippen molar-refractivity contribution in [2.75, 3.05) is 40.3 Å². The fourth-order valence-electron chi connectivity index (χ4n) is 5.84. The maximum atomic E-state index is 5.24. The highest BCUT2D eigenvalue weighted by atomic mass is 127. The fourth-order valence-corrected chi connectivity index (χ4v) is 7.10. The minimum atomic E-state index is 0.607. The Morgan fingerprint density at radius 1 is 0.972 bits per heavy atom. The molecule has 0 amide bonds. The zero-order chi connectivity index (χ0) is 24.7. The van der Waals surface area contributed by atoms with Gasteiger partial charge in [-0.25, -0.2) is 9.97 Å². The maximum Gasteiger partial charge on any atom is 0.212 e. The van der Waals surface area contributed by atoms with Gasteiger partial charge in [0.2, 0.25) is 5.88 Å². The second-order valence-corrected chi connectivity index (χ2v) is 12.0. The first-order chi connectivity index (χ1) is 17.6. The predicted molar refractivity (Wildman–Crippen MR) is 156 cm³/mol. The summed E-state index contributed by atoms with van der Waals surface area (Å²) in [5.74, 6) is 0.615. The summed E-state index contributed by atoms with van der Waals surface area (Å²) in [5, 5.41) is 1.12. The number of fused-ring (bicyclic) bond motifs is 1. The first-order valence-corrected chi connectivity index (χ1v) is 15.7. The van der Waals surface area contributed by atoms with Gasteiger partial charge in [-0.15, -0.1) is 0 Å². The van der Waals surface area contributed by atoms with Crippen LogP contribution in [0.5, 0.6) is 5.88 Å². The lowest BCUT2D eigenvalue weighted by molar-refractivity contribution is -0.0329. The third kappa shape index (κ3) is 4.64. The molecule has 6 nitrogen and oxygen atoms in total. The maximum absolute atomic E-state index is 5.24. The van der Waals surface area contributed by atoms with Crippen molar-refractivity contribution in [2.45, 2.75) is 19.4 Å². The summed E-state index contributed by atoms with van der Waals surface area (Å²) >= 11 is 2.30. The van der Waals surface area contributed by atoms with Gasteiger partial charge in [0.25, 0.3) is 0 Å². The number of methoxy groups -OCH3 is 1. The molecule has 2 aliphatic rings. The van der Waals surface area contributed by atoms with Crippen LogP contribution in [0.4, 0.5) is 0 Å². The number of nitrogens with zero attached hydrogens (tertiary/aromatic N) is 5. The van der Waals surface area contributed by atoms with Crippen LogP contribution in [0, 0.1) is 5.41 Å². The van der Waals surface area contributed by atoms with Gasteiger partial charge in [-0.2, -0.15) is 0 Å². The number of ether oxygens (including phenoxy) is 1. The van der Waals surface area contributed by atoms with Crippen molar-refractivity contribution in [3.63, 3.8) is 0 Å². The zero-order valence-corrected chi connectivity index (χ0v) is 23.6. The predicted octanol–water partition coefficient (Wildman–Crippen LogP) is 6.15. The largest absolute Gasteiger partial charge is 0.481 e. The molecule has 0 radical (unpaired) electrons. The van der Waals surface area contributed by atoms with E-state index in [-0.39, 0.29) is 0 Å². The number of benzene rings is 1. The first-order valence-electron chi connectivity index (χ1n) is 12.4. The molecule has 0 unspecified atom stereocenters. The van der Waals surface area contributed by atoms with E-state index in [1.807, 2.05) is 18.5 Å². The van der Waals surface area contributed by atoms with Crippen molar-refractivity contribution in [1.29, 1.82) is 0 Å². The SMILES string of the molecule is COc1ccc(-c2cn(SI)c3ncc(-c4ccc(CN5CCC6(CC5)CN(C)C6)cc4)cc23)cn1. The number of piperidine rings is 1. The smallest absolute Gasteiger partial charge is 0.212 e. The Bertz CT molecular complexity index is 1360. The fraction of sp³-hybridized carbons (Fsp3) is 0.357. The Morgan fingerprint density at radius 2 is 1.69 bits per heavy atom. The van der Waals surface area contributed by atoms with E-state index in [0.717, 1.165) is 34.3 Å². The molecule has 6 rings (SSSR count). The molecule has 1 spiro atoms. The molecule has 2 saturated heterocycles. The molecule has 8 heteroatoms. The average molecular weight is 612 g/mol. The van der Waals surface area contributed by atoms with Crippen molar-refractivity contribution in [3.05, 3.63) is 66.6 Å². The molecule has 0 aliphatic carbocycles. The quantitative estimate of drug-likeness (QED) is 0.244. The van der Waals surface area contributed by atoms with Gasteiger partial charge in [0.1, 0.15) is 0 Å². The van der Waals surface area contributed by atoms with Crippen LogP contribution in [0.15, 0.2) is 61.1 Å². The lowest BCUT2D eigenvalue weighted by atomic mass is 9.72. The van der Waals surface area contributed by atoms with Crippen molar-refractivity contribution in [1.82, 2.24) is 23.7 Å². The summed E-state index contributed by atoms with van der Waals surface area (Å²) in [6.45, 7) is 6.03. The van der Waals surface area contributed by atoms with Gasteiger partial charge >= 0.3 is 0 Å². The number of halogens is 1. The molecule has 36 heavy (non-hydrogen) atoms. The van der Waals surface area contributed by atoms with E-state index >= 15 is 0 Å². The van der Waals surface area contributed by atoms with Crippen LogP contribution in [0.1, 0.15) is 18.4 Å². The number of hydrogen-bond donors (Lipinski definition) is 0. The molecule has 186 valence electrons. The number of rotatable bonds is 6. The van der Waals surface area contributed by atoms with Crippen LogP contribution in [0.25, 0.3) is 33.3 Å². The van der Waals surface area contributed by atoms with Gasteiger partial charge in [0.15, 0.2) is 5.65 Å². The van der Waals surface area contributed by atoms with Crippen molar-refractivity contribution >= 4 is 41.4 Å². The van der Waals surface area contributed by atoms with E-state index in [0.29, 0.717) is 11.3 Å². The summed E-state index contributed by atoms with van der Waals surface area (Å²) in [4.78, 5) is 14.3. The molecule has 1 aromatic carbocycles. The van der Waals surface area contributed by atoms with Gasteiger partial charge < -0.3 is 9.64 Å². The molecular formula is C28H30IN5OS. The van der Waals surface area contributed by atoms with Crippen LogP contribution < -0.4 is 4.74 Å². The number of hydrogen-bond acceptors (Lipinski definition) is 6. The van der Waals surface area contributed by atoms with E-state index in [1.165, 1.54) is 50.1 Å². The van der Waals surface area contributed by atoms with Crippen molar-refractivity contribution < 1.29 is 4.74 Å². The molecule has 4 aromatic rings. The summed E-state index contributed by atoms with van der Waals surface area (Å²) in [5.41, 5.74) is 7.44. The van der Waals surface area contributed by atoms with Gasteiger partial charge in [-0.3, -0.25) is 8.87 Å². The molecule has 5 heterocycles. The summed E-state index contributed by atoms with van der Waals surface area (Å²) in [6, 6.07) is 15.2. The van der Waals surface area contributed by atoms with Crippen LogP contribution in [0.2, 0.25) is 0 Å². The lowest BCUT2D eigenvalue weighted by Crippen LogP contribution is -2.58. The third-order valence-corrected chi connectivity index (χ3v) is 9.46. The molecule has 3 aromatic heterocycles. The highest BCUT2D eigenvalue weighted by Gasteiger charge is 2.42. The molecule has 0 N–H and O–H groups in total. The van der Waals surface area contributed by atoms with Gasteiger partial charge in [0, 0.05) is 96.7 Å². The monoisotopic (exact) mass is 611 g/mol. The standard InChI is InChI=1S/C28H30IN5OS/c1-32-18-28(19-32)9-11-33(12-10-28)16-20-3-5-21(6-4-20)23-13-24-25(17-34(36-29)27(24)31-15-23)22-7-8-26(35-2)30-14-22/h3-8,13-15,17H,9-12,16,18-19H2,1-2H3. The highest BCUT2D eigenvalue weighted by molar-refractivity contribution is 14.2. The van der Waals surface area contributed by atoms with Gasteiger partial charge in [-0.1, -0.05) is 24.3 Å². The Labute approximate surface area is 228 Å². The van der Waals surface area contributed by atoms with Crippen LogP contribution in [-0.2, 0) is 6.54 Å². The summed E-state index contributed by atoms with van der Waals surface area (Å²) in [7, 11) is 5.49. The molecular weight excluding hydrogens is 581 g/mol. The summed E-state index contributed by atoms with van der Waals surface area (Å²) < 4.78 is 7.34.